The molecule has 0 fully saturated rings. The van der Waals surface area contributed by atoms with Gasteiger partial charge in [0.25, 0.3) is 5.91 Å². The molecule has 3 aromatic rings. The van der Waals surface area contributed by atoms with E-state index < -0.39 is 24.7 Å². The second kappa shape index (κ2) is 8.98. The predicted molar refractivity (Wildman–Crippen MR) is 103 cm³/mol. The first-order valence-electron chi connectivity index (χ1n) is 8.98. The topological polar surface area (TPSA) is 102 Å². The van der Waals surface area contributed by atoms with Crippen LogP contribution in [0.2, 0.25) is 5.02 Å². The molecule has 8 nitrogen and oxygen atoms in total. The summed E-state index contributed by atoms with van der Waals surface area (Å²) in [5, 5.41) is 19.9. The summed E-state index contributed by atoms with van der Waals surface area (Å²) in [5.74, 6) is -0.769. The maximum absolute atomic E-state index is 12.7. The molecule has 0 saturated heterocycles. The highest BCUT2D eigenvalue weighted by Gasteiger charge is 2.37. The fourth-order valence-electron chi connectivity index (χ4n) is 2.67. The van der Waals surface area contributed by atoms with E-state index in [2.05, 4.69) is 10.3 Å². The lowest BCUT2D eigenvalue weighted by Gasteiger charge is -2.16. The van der Waals surface area contributed by atoms with E-state index in [-0.39, 0.29) is 23.9 Å². The molecule has 0 saturated carbocycles. The summed E-state index contributed by atoms with van der Waals surface area (Å²) in [4.78, 5) is 12.1. The number of aryl methyl sites for hydroxylation is 1. The molecule has 0 unspecified atom stereocenters. The van der Waals surface area contributed by atoms with Crippen LogP contribution in [0.1, 0.15) is 28.7 Å². The van der Waals surface area contributed by atoms with Gasteiger partial charge in [-0.1, -0.05) is 28.9 Å². The van der Waals surface area contributed by atoms with Gasteiger partial charge in [-0.2, -0.15) is 13.2 Å². The van der Waals surface area contributed by atoms with Crippen molar-refractivity contribution >= 4 is 17.5 Å². The van der Waals surface area contributed by atoms with Crippen molar-refractivity contribution in [3.63, 3.8) is 0 Å². The highest BCUT2D eigenvalue weighted by atomic mass is 35.5. The molecule has 0 aliphatic carbocycles. The molecule has 0 radical (unpaired) electrons. The number of carbonyl (C=O) groups is 1. The maximum Gasteiger partial charge on any atom is 0.408 e. The third kappa shape index (κ3) is 5.17. The maximum atomic E-state index is 12.7. The Morgan fingerprint density at radius 2 is 2.03 bits per heavy atom. The Kier molecular flexibility index (Phi) is 6.56. The molecule has 2 heterocycles. The standard InChI is InChI=1S/C19H18ClF3N4O4/c1-10(19(21,22)23)24-18(29)14-7-16(25-27(14)2)30-9-13-15(8-28)31-26-17(13)11-3-5-12(20)6-4-11/h3-7,10,28H,8-9H2,1-2H3,(H,24,29)/t10-/m0/s1. The van der Waals surface area contributed by atoms with Gasteiger partial charge >= 0.3 is 6.18 Å². The quantitative estimate of drug-likeness (QED) is 0.562. The van der Waals surface area contributed by atoms with Crippen LogP contribution < -0.4 is 10.1 Å². The van der Waals surface area contributed by atoms with Crippen LogP contribution in [0, 0.1) is 0 Å². The minimum atomic E-state index is -4.57. The molecular formula is C19H18ClF3N4O4. The zero-order chi connectivity index (χ0) is 22.8. The number of aliphatic hydroxyl groups excluding tert-OH is 1. The number of nitrogens with zero attached hydrogens (tertiary/aromatic N) is 3. The number of alkyl halides is 3. The Bertz CT molecular complexity index is 1060. The first-order valence-corrected chi connectivity index (χ1v) is 9.36. The van der Waals surface area contributed by atoms with Gasteiger partial charge in [-0.25, -0.2) is 0 Å². The van der Waals surface area contributed by atoms with Crippen molar-refractivity contribution in [1.82, 2.24) is 20.3 Å². The van der Waals surface area contributed by atoms with Crippen molar-refractivity contribution in [3.05, 3.63) is 52.4 Å². The minimum absolute atomic E-state index is 0.000502. The fraction of sp³-hybridized carbons (Fsp3) is 0.316. The van der Waals surface area contributed by atoms with E-state index in [9.17, 15) is 23.1 Å². The van der Waals surface area contributed by atoms with Gasteiger partial charge in [0.2, 0.25) is 5.88 Å². The fourth-order valence-corrected chi connectivity index (χ4v) is 2.80. The molecule has 0 bridgehead atoms. The lowest BCUT2D eigenvalue weighted by molar-refractivity contribution is -0.149. The zero-order valence-electron chi connectivity index (χ0n) is 16.4. The van der Waals surface area contributed by atoms with Crippen molar-refractivity contribution < 1.29 is 32.3 Å². The molecule has 2 N–H and O–H groups in total. The van der Waals surface area contributed by atoms with Crippen LogP contribution in [0.4, 0.5) is 13.2 Å². The smallest absolute Gasteiger partial charge is 0.408 e. The molecule has 0 spiro atoms. The second-order valence-electron chi connectivity index (χ2n) is 6.61. The average Bonchev–Trinajstić information content (AvgIpc) is 3.29. The third-order valence-corrected chi connectivity index (χ3v) is 4.68. The molecule has 12 heteroatoms. The van der Waals surface area contributed by atoms with Gasteiger partial charge in [-0.05, 0) is 19.1 Å². The van der Waals surface area contributed by atoms with Crippen molar-refractivity contribution in [3.8, 4) is 17.1 Å². The van der Waals surface area contributed by atoms with Gasteiger partial charge < -0.3 is 19.7 Å². The molecule has 0 aliphatic rings. The lowest BCUT2D eigenvalue weighted by Crippen LogP contribution is -2.43. The van der Waals surface area contributed by atoms with E-state index in [1.165, 1.54) is 13.1 Å². The van der Waals surface area contributed by atoms with Crippen LogP contribution in [0.25, 0.3) is 11.3 Å². The summed E-state index contributed by atoms with van der Waals surface area (Å²) in [6.45, 7) is 0.297. The predicted octanol–water partition coefficient (Wildman–Crippen LogP) is 3.48. The van der Waals surface area contributed by atoms with Crippen LogP contribution in [-0.4, -0.2) is 38.2 Å². The Morgan fingerprint density at radius 3 is 2.65 bits per heavy atom. The largest absolute Gasteiger partial charge is 0.471 e. The van der Waals surface area contributed by atoms with Crippen LogP contribution in [0.5, 0.6) is 5.88 Å². The van der Waals surface area contributed by atoms with Crippen molar-refractivity contribution in [2.24, 2.45) is 7.05 Å². The number of ether oxygens (including phenoxy) is 1. The number of hydrogen-bond donors (Lipinski definition) is 2. The molecule has 3 rings (SSSR count). The van der Waals surface area contributed by atoms with Crippen molar-refractivity contribution in [2.75, 3.05) is 0 Å². The first-order chi connectivity index (χ1) is 14.6. The normalized spacial score (nSPS) is 12.6. The van der Waals surface area contributed by atoms with Crippen LogP contribution >= 0.6 is 11.6 Å². The average molecular weight is 459 g/mol. The molecule has 1 atom stereocenters. The van der Waals surface area contributed by atoms with Gasteiger partial charge in [-0.3, -0.25) is 9.48 Å². The van der Waals surface area contributed by atoms with Crippen molar-refractivity contribution in [2.45, 2.75) is 32.4 Å². The molecule has 166 valence electrons. The summed E-state index contributed by atoms with van der Waals surface area (Å²) < 4.78 is 49.9. The van der Waals surface area contributed by atoms with E-state index in [4.69, 9.17) is 20.9 Å². The van der Waals surface area contributed by atoms with Gasteiger partial charge in [0.05, 0.1) is 5.56 Å². The first kappa shape index (κ1) is 22.6. The van der Waals surface area contributed by atoms with E-state index >= 15 is 0 Å². The third-order valence-electron chi connectivity index (χ3n) is 4.42. The molecule has 31 heavy (non-hydrogen) atoms. The number of benzene rings is 1. The summed E-state index contributed by atoms with van der Waals surface area (Å²) in [6.07, 6.45) is -4.57. The zero-order valence-corrected chi connectivity index (χ0v) is 17.2. The van der Waals surface area contributed by atoms with Crippen LogP contribution in [0.3, 0.4) is 0 Å². The molecule has 1 aromatic carbocycles. The van der Waals surface area contributed by atoms with Gasteiger partial charge in [0.15, 0.2) is 5.76 Å². The van der Waals surface area contributed by atoms with Gasteiger partial charge in [0, 0.05) is 23.7 Å². The molecule has 0 aliphatic heterocycles. The van der Waals surface area contributed by atoms with E-state index in [1.54, 1.807) is 24.3 Å². The van der Waals surface area contributed by atoms with Gasteiger partial charge in [0.1, 0.15) is 30.6 Å². The number of carbonyl (C=O) groups excluding carboxylic acids is 1. The lowest BCUT2D eigenvalue weighted by atomic mass is 10.1. The molecule has 2 aromatic heterocycles. The SMILES string of the molecule is C[C@H](NC(=O)c1cc(OCc2c(-c3ccc(Cl)cc3)noc2CO)nn1C)C(F)(F)F. The number of nitrogens with one attached hydrogen (secondary N) is 1. The Balaban J connectivity index is 1.77. The highest BCUT2D eigenvalue weighted by Crippen LogP contribution is 2.28. The number of aromatic nitrogens is 3. The van der Waals surface area contributed by atoms with E-state index in [0.717, 1.165) is 11.6 Å². The van der Waals surface area contributed by atoms with Crippen molar-refractivity contribution in [1.29, 1.82) is 0 Å². The minimum Gasteiger partial charge on any atom is -0.471 e. The number of halogens is 4. The highest BCUT2D eigenvalue weighted by molar-refractivity contribution is 6.30. The molecule has 1 amide bonds. The Labute approximate surface area is 179 Å². The van der Waals surface area contributed by atoms with E-state index in [0.29, 0.717) is 21.8 Å². The van der Waals surface area contributed by atoms with E-state index in [1.807, 2.05) is 5.32 Å². The monoisotopic (exact) mass is 458 g/mol. The summed E-state index contributed by atoms with van der Waals surface area (Å²) >= 11 is 5.90. The van der Waals surface area contributed by atoms with Gasteiger partial charge in [-0.15, -0.1) is 5.10 Å². The second-order valence-corrected chi connectivity index (χ2v) is 7.05. The summed E-state index contributed by atoms with van der Waals surface area (Å²) in [7, 11) is 1.40. The Hall–Kier alpha value is -3.05. The number of rotatable bonds is 7. The number of aliphatic hydroxyl groups is 1. The number of hydrogen-bond acceptors (Lipinski definition) is 6. The Morgan fingerprint density at radius 1 is 1.35 bits per heavy atom. The summed E-state index contributed by atoms with van der Waals surface area (Å²) in [6, 6.07) is 5.96. The van der Waals surface area contributed by atoms with Crippen LogP contribution in [0.15, 0.2) is 34.9 Å². The number of amides is 1. The van der Waals surface area contributed by atoms with Crippen LogP contribution in [-0.2, 0) is 20.3 Å². The molecular weight excluding hydrogens is 441 g/mol. The summed E-state index contributed by atoms with van der Waals surface area (Å²) in [5.41, 5.74) is 1.44.